The zero-order chi connectivity index (χ0) is 13.1. The van der Waals surface area contributed by atoms with Gasteiger partial charge in [0, 0.05) is 36.4 Å². The number of furan rings is 1. The van der Waals surface area contributed by atoms with Crippen molar-refractivity contribution in [1.82, 2.24) is 10.3 Å². The second-order valence-corrected chi connectivity index (χ2v) is 4.66. The minimum Gasteiger partial charge on any atom is -0.464 e. The van der Waals surface area contributed by atoms with Crippen LogP contribution in [0.25, 0.3) is 11.0 Å². The van der Waals surface area contributed by atoms with Gasteiger partial charge in [-0.25, -0.2) is 0 Å². The molecular weight excluding hydrogens is 236 g/mol. The van der Waals surface area contributed by atoms with E-state index >= 15 is 0 Å². The molecule has 0 fully saturated rings. The molecule has 0 saturated carbocycles. The molecule has 19 heavy (non-hydrogen) atoms. The van der Waals surface area contributed by atoms with Crippen LogP contribution in [0.2, 0.25) is 0 Å². The van der Waals surface area contributed by atoms with Crippen LogP contribution in [0, 0.1) is 6.92 Å². The highest BCUT2D eigenvalue weighted by atomic mass is 16.3. The second kappa shape index (κ2) is 5.24. The minimum absolute atomic E-state index is 0.804. The van der Waals surface area contributed by atoms with Gasteiger partial charge in [0.05, 0.1) is 6.26 Å². The quantitative estimate of drug-likeness (QED) is 0.773. The molecule has 0 atom stereocenters. The van der Waals surface area contributed by atoms with Crippen molar-refractivity contribution in [2.24, 2.45) is 0 Å². The molecule has 0 aliphatic heterocycles. The van der Waals surface area contributed by atoms with Gasteiger partial charge in [0.15, 0.2) is 0 Å². The van der Waals surface area contributed by atoms with Gasteiger partial charge in [-0.1, -0.05) is 18.2 Å². The van der Waals surface area contributed by atoms with Crippen molar-refractivity contribution in [2.45, 2.75) is 20.0 Å². The monoisotopic (exact) mass is 252 g/mol. The van der Waals surface area contributed by atoms with Gasteiger partial charge in [-0.15, -0.1) is 0 Å². The van der Waals surface area contributed by atoms with Gasteiger partial charge in [0.25, 0.3) is 0 Å². The maximum absolute atomic E-state index is 5.53. The number of aryl methyl sites for hydroxylation is 1. The fraction of sp³-hybridized carbons (Fsp3) is 0.188. The zero-order valence-electron chi connectivity index (χ0n) is 10.9. The van der Waals surface area contributed by atoms with E-state index in [4.69, 9.17) is 4.42 Å². The van der Waals surface area contributed by atoms with Gasteiger partial charge < -0.3 is 9.73 Å². The molecule has 0 amide bonds. The molecule has 0 spiro atoms. The van der Waals surface area contributed by atoms with Crippen LogP contribution in [0.1, 0.15) is 16.7 Å². The van der Waals surface area contributed by atoms with E-state index in [2.05, 4.69) is 29.4 Å². The van der Waals surface area contributed by atoms with E-state index in [1.165, 1.54) is 22.1 Å². The van der Waals surface area contributed by atoms with Gasteiger partial charge in [-0.3, -0.25) is 4.98 Å². The minimum atomic E-state index is 0.804. The lowest BCUT2D eigenvalue weighted by atomic mass is 10.1. The number of nitrogens with one attached hydrogen (secondary N) is 1. The highest BCUT2D eigenvalue weighted by Crippen LogP contribution is 2.20. The molecular formula is C16H16N2O. The van der Waals surface area contributed by atoms with Crippen molar-refractivity contribution < 1.29 is 4.42 Å². The molecule has 2 heterocycles. The average molecular weight is 252 g/mol. The average Bonchev–Trinajstić information content (AvgIpc) is 2.85. The van der Waals surface area contributed by atoms with Gasteiger partial charge in [0.1, 0.15) is 5.58 Å². The van der Waals surface area contributed by atoms with Crippen LogP contribution >= 0.6 is 0 Å². The first-order valence-corrected chi connectivity index (χ1v) is 6.40. The Bertz CT molecular complexity index is 688. The molecule has 0 unspecified atom stereocenters. The maximum atomic E-state index is 5.53. The molecule has 1 N–H and O–H groups in total. The molecule has 1 aromatic carbocycles. The van der Waals surface area contributed by atoms with E-state index in [1.807, 2.05) is 36.9 Å². The van der Waals surface area contributed by atoms with E-state index in [1.54, 1.807) is 0 Å². The molecule has 0 aliphatic rings. The second-order valence-electron chi connectivity index (χ2n) is 4.66. The number of aromatic nitrogens is 1. The number of hydrogen-bond donors (Lipinski definition) is 1. The summed E-state index contributed by atoms with van der Waals surface area (Å²) in [7, 11) is 0. The van der Waals surface area contributed by atoms with E-state index in [0.29, 0.717) is 0 Å². The van der Waals surface area contributed by atoms with E-state index in [0.717, 1.165) is 18.7 Å². The van der Waals surface area contributed by atoms with Crippen molar-refractivity contribution in [3.63, 3.8) is 0 Å². The van der Waals surface area contributed by atoms with Gasteiger partial charge >= 0.3 is 0 Å². The number of benzene rings is 1. The maximum Gasteiger partial charge on any atom is 0.134 e. The molecule has 0 aliphatic carbocycles. The van der Waals surface area contributed by atoms with Crippen LogP contribution in [-0.4, -0.2) is 4.98 Å². The molecule has 0 saturated heterocycles. The largest absolute Gasteiger partial charge is 0.464 e. The Morgan fingerprint density at radius 3 is 2.84 bits per heavy atom. The molecule has 96 valence electrons. The van der Waals surface area contributed by atoms with Crippen LogP contribution < -0.4 is 5.32 Å². The summed E-state index contributed by atoms with van der Waals surface area (Å²) in [6.45, 7) is 3.73. The summed E-state index contributed by atoms with van der Waals surface area (Å²) in [5.41, 5.74) is 4.64. The molecule has 3 heteroatoms. The summed E-state index contributed by atoms with van der Waals surface area (Å²) < 4.78 is 5.53. The van der Waals surface area contributed by atoms with Crippen molar-refractivity contribution in [3.05, 3.63) is 65.7 Å². The first-order valence-electron chi connectivity index (χ1n) is 6.40. The number of rotatable bonds is 4. The molecule has 0 bridgehead atoms. The standard InChI is InChI=1S/C16H16N2O/c1-12-8-17-7-6-13(12)9-18-10-14-11-19-16-5-3-2-4-15(14)16/h2-8,11,18H,9-10H2,1H3. The van der Waals surface area contributed by atoms with E-state index in [-0.39, 0.29) is 0 Å². The van der Waals surface area contributed by atoms with E-state index in [9.17, 15) is 0 Å². The van der Waals surface area contributed by atoms with Crippen molar-refractivity contribution in [2.75, 3.05) is 0 Å². The molecule has 3 nitrogen and oxygen atoms in total. The number of nitrogens with zero attached hydrogens (tertiary/aromatic N) is 1. The lowest BCUT2D eigenvalue weighted by Gasteiger charge is -2.06. The number of para-hydroxylation sites is 1. The lowest BCUT2D eigenvalue weighted by Crippen LogP contribution is -2.13. The van der Waals surface area contributed by atoms with Crippen LogP contribution in [0.5, 0.6) is 0 Å². The Kier molecular flexibility index (Phi) is 3.29. The first-order chi connectivity index (χ1) is 9.34. The Balaban J connectivity index is 1.68. The molecule has 2 aromatic heterocycles. The van der Waals surface area contributed by atoms with Crippen molar-refractivity contribution in [3.8, 4) is 0 Å². The highest BCUT2D eigenvalue weighted by Gasteiger charge is 2.04. The highest BCUT2D eigenvalue weighted by molar-refractivity contribution is 5.80. The molecule has 0 radical (unpaired) electrons. The fourth-order valence-electron chi connectivity index (χ4n) is 2.20. The zero-order valence-corrected chi connectivity index (χ0v) is 10.9. The molecule has 3 rings (SSSR count). The van der Waals surface area contributed by atoms with Crippen LogP contribution in [0.4, 0.5) is 0 Å². The SMILES string of the molecule is Cc1cnccc1CNCc1coc2ccccc12. The number of pyridine rings is 1. The van der Waals surface area contributed by atoms with Gasteiger partial charge in [-0.05, 0) is 30.2 Å². The van der Waals surface area contributed by atoms with E-state index < -0.39 is 0 Å². The number of hydrogen-bond acceptors (Lipinski definition) is 3. The summed E-state index contributed by atoms with van der Waals surface area (Å²) in [6, 6.07) is 10.2. The summed E-state index contributed by atoms with van der Waals surface area (Å²) in [6.07, 6.45) is 5.55. The third-order valence-corrected chi connectivity index (χ3v) is 3.33. The van der Waals surface area contributed by atoms with Crippen LogP contribution in [0.3, 0.4) is 0 Å². The van der Waals surface area contributed by atoms with Crippen LogP contribution in [-0.2, 0) is 13.1 Å². The fourth-order valence-corrected chi connectivity index (χ4v) is 2.20. The van der Waals surface area contributed by atoms with Crippen molar-refractivity contribution in [1.29, 1.82) is 0 Å². The summed E-state index contributed by atoms with van der Waals surface area (Å²) in [4.78, 5) is 4.10. The topological polar surface area (TPSA) is 38.1 Å². The Morgan fingerprint density at radius 1 is 1.11 bits per heavy atom. The van der Waals surface area contributed by atoms with Crippen molar-refractivity contribution >= 4 is 11.0 Å². The Labute approximate surface area is 112 Å². The summed E-state index contributed by atoms with van der Waals surface area (Å²) in [5.74, 6) is 0. The predicted molar refractivity (Wildman–Crippen MR) is 75.7 cm³/mol. The third kappa shape index (κ3) is 2.51. The smallest absolute Gasteiger partial charge is 0.134 e. The lowest BCUT2D eigenvalue weighted by molar-refractivity contribution is 0.602. The number of fused-ring (bicyclic) bond motifs is 1. The first kappa shape index (κ1) is 11.9. The summed E-state index contributed by atoms with van der Waals surface area (Å²) >= 11 is 0. The molecule has 3 aromatic rings. The Morgan fingerprint density at radius 2 is 1.95 bits per heavy atom. The normalized spacial score (nSPS) is 11.0. The Hall–Kier alpha value is -2.13. The summed E-state index contributed by atoms with van der Waals surface area (Å²) in [5, 5.41) is 4.63. The van der Waals surface area contributed by atoms with Gasteiger partial charge in [0.2, 0.25) is 0 Å². The van der Waals surface area contributed by atoms with Crippen LogP contribution in [0.15, 0.2) is 53.4 Å². The van der Waals surface area contributed by atoms with Gasteiger partial charge in [-0.2, -0.15) is 0 Å². The third-order valence-electron chi connectivity index (χ3n) is 3.33. The predicted octanol–water partition coefficient (Wildman–Crippen LogP) is 3.43.